The fourth-order valence-electron chi connectivity index (χ4n) is 4.33. The van der Waals surface area contributed by atoms with Gasteiger partial charge >= 0.3 is 5.97 Å². The first-order chi connectivity index (χ1) is 17.9. The molecule has 1 aliphatic rings. The van der Waals surface area contributed by atoms with E-state index in [4.69, 9.17) is 14.2 Å². The van der Waals surface area contributed by atoms with Gasteiger partial charge in [-0.3, -0.25) is 9.59 Å². The van der Waals surface area contributed by atoms with Crippen LogP contribution < -0.4 is 19.5 Å². The second-order valence-electron chi connectivity index (χ2n) is 9.55. The van der Waals surface area contributed by atoms with Crippen LogP contribution in [0, 0.1) is 5.92 Å². The van der Waals surface area contributed by atoms with E-state index in [2.05, 4.69) is 19.2 Å². The van der Waals surface area contributed by atoms with Crippen LogP contribution in [0.5, 0.6) is 17.2 Å². The molecule has 7 heteroatoms. The molecule has 7 nitrogen and oxygen atoms in total. The number of hydrogen-bond donors (Lipinski definition) is 2. The van der Waals surface area contributed by atoms with Crippen molar-refractivity contribution in [1.82, 2.24) is 5.32 Å². The number of aryl methyl sites for hydroxylation is 1. The Bertz CT molecular complexity index is 1220. The number of carboxylic acids is 1. The topological polar surface area (TPSA) is 94.1 Å². The molecule has 0 aliphatic carbocycles. The predicted molar refractivity (Wildman–Crippen MR) is 140 cm³/mol. The summed E-state index contributed by atoms with van der Waals surface area (Å²) in [4.78, 5) is 24.9. The second-order valence-corrected chi connectivity index (χ2v) is 9.55. The van der Waals surface area contributed by atoms with E-state index in [0.29, 0.717) is 48.4 Å². The molecule has 1 heterocycles. The zero-order valence-electron chi connectivity index (χ0n) is 21.2. The number of nitrogens with one attached hydrogen (secondary N) is 1. The van der Waals surface area contributed by atoms with Gasteiger partial charge in [0.05, 0.1) is 6.04 Å². The molecule has 4 rings (SSSR count). The summed E-state index contributed by atoms with van der Waals surface area (Å²) >= 11 is 0. The van der Waals surface area contributed by atoms with Crippen LogP contribution in [0.3, 0.4) is 0 Å². The first-order valence-corrected chi connectivity index (χ1v) is 12.6. The van der Waals surface area contributed by atoms with Gasteiger partial charge in [-0.05, 0) is 65.8 Å². The highest BCUT2D eigenvalue weighted by Gasteiger charge is 2.22. The lowest BCUT2D eigenvalue weighted by Gasteiger charge is -2.25. The van der Waals surface area contributed by atoms with E-state index >= 15 is 0 Å². The number of para-hydroxylation sites is 1. The van der Waals surface area contributed by atoms with Crippen LogP contribution >= 0.6 is 0 Å². The van der Waals surface area contributed by atoms with Gasteiger partial charge in [0.2, 0.25) is 0 Å². The molecule has 0 bridgehead atoms. The lowest BCUT2D eigenvalue weighted by Crippen LogP contribution is -2.30. The van der Waals surface area contributed by atoms with E-state index < -0.39 is 5.97 Å². The molecule has 0 radical (unpaired) electrons. The Balaban J connectivity index is 1.58. The van der Waals surface area contributed by atoms with Gasteiger partial charge in [0.25, 0.3) is 5.91 Å². The Hall–Kier alpha value is -4.00. The average Bonchev–Trinajstić information content (AvgIpc) is 2.90. The minimum atomic E-state index is -0.906. The molecule has 0 saturated carbocycles. The van der Waals surface area contributed by atoms with E-state index in [1.807, 2.05) is 60.7 Å². The molecule has 1 atom stereocenters. The average molecular weight is 504 g/mol. The highest BCUT2D eigenvalue weighted by Crippen LogP contribution is 2.34. The summed E-state index contributed by atoms with van der Waals surface area (Å²) in [6.07, 6.45) is 0.932. The molecular weight excluding hydrogens is 470 g/mol. The van der Waals surface area contributed by atoms with Crippen LogP contribution in [0.1, 0.15) is 59.8 Å². The van der Waals surface area contributed by atoms with Crippen molar-refractivity contribution in [2.45, 2.75) is 45.8 Å². The minimum Gasteiger partial charge on any atom is -0.489 e. The van der Waals surface area contributed by atoms with Gasteiger partial charge in [-0.25, -0.2) is 0 Å². The van der Waals surface area contributed by atoms with Crippen molar-refractivity contribution in [2.24, 2.45) is 5.92 Å². The largest absolute Gasteiger partial charge is 0.489 e. The van der Waals surface area contributed by atoms with Gasteiger partial charge in [0.15, 0.2) is 11.5 Å². The number of carbonyl (C=O) groups excluding carboxylic acids is 1. The number of carbonyl (C=O) groups is 2. The molecule has 3 aromatic carbocycles. The first-order valence-electron chi connectivity index (χ1n) is 12.6. The Morgan fingerprint density at radius 3 is 2.46 bits per heavy atom. The highest BCUT2D eigenvalue weighted by molar-refractivity contribution is 5.96. The van der Waals surface area contributed by atoms with Crippen LogP contribution in [0.2, 0.25) is 0 Å². The van der Waals surface area contributed by atoms with Gasteiger partial charge in [0.1, 0.15) is 25.6 Å². The SMILES string of the molecule is CC(C)CC(NC(=O)c1cc(COc2ccccc2)ccc1CCC(=O)O)c1ccc2c(c1)OCCO2. The molecule has 2 N–H and O–H groups in total. The molecule has 0 fully saturated rings. The number of amides is 1. The quantitative estimate of drug-likeness (QED) is 0.355. The molecule has 37 heavy (non-hydrogen) atoms. The van der Waals surface area contributed by atoms with Gasteiger partial charge in [-0.15, -0.1) is 0 Å². The third-order valence-electron chi connectivity index (χ3n) is 6.16. The molecule has 194 valence electrons. The van der Waals surface area contributed by atoms with E-state index in [1.165, 1.54) is 0 Å². The Morgan fingerprint density at radius 2 is 1.73 bits per heavy atom. The van der Waals surface area contributed by atoms with Crippen LogP contribution in [0.25, 0.3) is 0 Å². The summed E-state index contributed by atoms with van der Waals surface area (Å²) in [5.74, 6) is 1.29. The molecule has 1 aliphatic heterocycles. The van der Waals surface area contributed by atoms with E-state index in [9.17, 15) is 14.7 Å². The first kappa shape index (κ1) is 26.1. The maximum Gasteiger partial charge on any atom is 0.303 e. The monoisotopic (exact) mass is 503 g/mol. The zero-order chi connectivity index (χ0) is 26.2. The Labute approximate surface area is 217 Å². The lowest BCUT2D eigenvalue weighted by molar-refractivity contribution is -0.136. The standard InChI is InChI=1S/C30H33NO6/c1-20(2)16-26(23-10-12-27-28(18-23)36-15-14-35-27)31-30(34)25-17-21(8-9-22(25)11-13-29(32)33)19-37-24-6-4-3-5-7-24/h3-10,12,17-18,20,26H,11,13-16,19H2,1-2H3,(H,31,34)(H,32,33). The predicted octanol–water partition coefficient (Wildman–Crippen LogP) is 5.57. The Kier molecular flexibility index (Phi) is 8.67. The number of hydrogen-bond acceptors (Lipinski definition) is 5. The number of carboxylic acid groups (broad SMARTS) is 1. The molecule has 3 aromatic rings. The fraction of sp³-hybridized carbons (Fsp3) is 0.333. The smallest absolute Gasteiger partial charge is 0.303 e. The van der Waals surface area contributed by atoms with Gasteiger partial charge in [0, 0.05) is 12.0 Å². The number of rotatable bonds is 11. The maximum absolute atomic E-state index is 13.6. The molecule has 1 unspecified atom stereocenters. The zero-order valence-corrected chi connectivity index (χ0v) is 21.2. The van der Waals surface area contributed by atoms with E-state index in [0.717, 1.165) is 23.3 Å². The lowest BCUT2D eigenvalue weighted by atomic mass is 9.95. The molecule has 1 amide bonds. The number of fused-ring (bicyclic) bond motifs is 1. The Morgan fingerprint density at radius 1 is 0.973 bits per heavy atom. The van der Waals surface area contributed by atoms with Crippen molar-refractivity contribution < 1.29 is 28.9 Å². The molecular formula is C30H33NO6. The molecule has 0 saturated heterocycles. The van der Waals surface area contributed by atoms with Crippen molar-refractivity contribution in [2.75, 3.05) is 13.2 Å². The third-order valence-corrected chi connectivity index (χ3v) is 6.16. The van der Waals surface area contributed by atoms with E-state index in [1.54, 1.807) is 6.07 Å². The third kappa shape index (κ3) is 7.26. The number of ether oxygens (including phenoxy) is 3. The minimum absolute atomic E-state index is 0.0578. The van der Waals surface area contributed by atoms with Crippen molar-refractivity contribution in [3.63, 3.8) is 0 Å². The van der Waals surface area contributed by atoms with Gasteiger partial charge in [-0.2, -0.15) is 0 Å². The van der Waals surface area contributed by atoms with Crippen LogP contribution in [-0.4, -0.2) is 30.2 Å². The summed E-state index contributed by atoms with van der Waals surface area (Å²) in [5.41, 5.74) is 2.91. The van der Waals surface area contributed by atoms with Gasteiger partial charge < -0.3 is 24.6 Å². The van der Waals surface area contributed by atoms with Crippen LogP contribution in [-0.2, 0) is 17.8 Å². The van der Waals surface area contributed by atoms with Gasteiger partial charge in [-0.1, -0.05) is 50.2 Å². The van der Waals surface area contributed by atoms with Crippen molar-refractivity contribution in [3.8, 4) is 17.2 Å². The number of benzene rings is 3. The number of aliphatic carboxylic acids is 1. The van der Waals surface area contributed by atoms with Crippen LogP contribution in [0.4, 0.5) is 0 Å². The highest BCUT2D eigenvalue weighted by atomic mass is 16.6. The van der Waals surface area contributed by atoms with Crippen molar-refractivity contribution in [1.29, 1.82) is 0 Å². The summed E-state index contributed by atoms with van der Waals surface area (Å²) in [5, 5.41) is 12.4. The molecule has 0 aromatic heterocycles. The summed E-state index contributed by atoms with van der Waals surface area (Å²) < 4.78 is 17.3. The molecule has 0 spiro atoms. The fourth-order valence-corrected chi connectivity index (χ4v) is 4.33. The second kappa shape index (κ2) is 12.3. The maximum atomic E-state index is 13.6. The van der Waals surface area contributed by atoms with Crippen LogP contribution in [0.15, 0.2) is 66.7 Å². The van der Waals surface area contributed by atoms with Crippen molar-refractivity contribution in [3.05, 3.63) is 89.0 Å². The summed E-state index contributed by atoms with van der Waals surface area (Å²) in [6.45, 7) is 5.51. The normalized spacial score (nSPS) is 13.2. The van der Waals surface area contributed by atoms with Crippen molar-refractivity contribution >= 4 is 11.9 Å². The summed E-state index contributed by atoms with van der Waals surface area (Å²) in [7, 11) is 0. The van der Waals surface area contributed by atoms with E-state index in [-0.39, 0.29) is 24.8 Å². The summed E-state index contributed by atoms with van der Waals surface area (Å²) in [6, 6.07) is 20.5.